The first-order chi connectivity index (χ1) is 5.25. The molecule has 0 radical (unpaired) electrons. The van der Waals surface area contributed by atoms with E-state index in [0.29, 0.717) is 11.4 Å². The molecule has 0 aliphatic carbocycles. The Morgan fingerprint density at radius 1 is 1.73 bits per heavy atom. The number of aliphatic hydroxyl groups excluding tert-OH is 1. The molecule has 1 atom stereocenters. The maximum absolute atomic E-state index is 9.27. The summed E-state index contributed by atoms with van der Waals surface area (Å²) in [5.74, 6) is 0.347. The maximum atomic E-state index is 9.27. The summed E-state index contributed by atoms with van der Waals surface area (Å²) in [5, 5.41) is 9.27. The Morgan fingerprint density at radius 2 is 2.45 bits per heavy atom. The highest BCUT2D eigenvalue weighted by atomic mass is 16.3. The second-order valence-corrected chi connectivity index (χ2v) is 2.16. The van der Waals surface area contributed by atoms with Crippen molar-refractivity contribution in [3.8, 4) is 0 Å². The van der Waals surface area contributed by atoms with E-state index in [1.54, 1.807) is 18.3 Å². The van der Waals surface area contributed by atoms with Gasteiger partial charge in [-0.25, -0.2) is 4.98 Å². The quantitative estimate of drug-likeness (QED) is 0.615. The lowest BCUT2D eigenvalue weighted by molar-refractivity contribution is 0.229. The van der Waals surface area contributed by atoms with Crippen molar-refractivity contribution in [3.05, 3.63) is 36.5 Å². The normalized spacial score (nSPS) is 12.5. The van der Waals surface area contributed by atoms with Gasteiger partial charge in [0.05, 0.1) is 0 Å². The van der Waals surface area contributed by atoms with Crippen LogP contribution in [-0.4, -0.2) is 10.1 Å². The molecule has 1 unspecified atom stereocenters. The molecule has 3 heteroatoms. The lowest BCUT2D eigenvalue weighted by Gasteiger charge is -2.06. The number of nitrogens with zero attached hydrogens (tertiary/aromatic N) is 1. The minimum Gasteiger partial charge on any atom is -0.384 e. The Morgan fingerprint density at radius 3 is 3.00 bits per heavy atom. The summed E-state index contributed by atoms with van der Waals surface area (Å²) in [6, 6.07) is 3.44. The monoisotopic (exact) mass is 150 g/mol. The van der Waals surface area contributed by atoms with E-state index in [0.717, 1.165) is 0 Å². The maximum Gasteiger partial charge on any atom is 0.129 e. The zero-order valence-electron chi connectivity index (χ0n) is 6.07. The Balaban J connectivity index is 3.02. The van der Waals surface area contributed by atoms with Crippen LogP contribution in [0.5, 0.6) is 0 Å². The van der Waals surface area contributed by atoms with Crippen LogP contribution >= 0.6 is 0 Å². The topological polar surface area (TPSA) is 59.1 Å². The first-order valence-electron chi connectivity index (χ1n) is 3.26. The van der Waals surface area contributed by atoms with Crippen molar-refractivity contribution in [2.75, 3.05) is 5.73 Å². The predicted molar refractivity (Wildman–Crippen MR) is 43.8 cm³/mol. The molecule has 3 nitrogen and oxygen atoms in total. The van der Waals surface area contributed by atoms with Gasteiger partial charge in [-0.1, -0.05) is 12.1 Å². The van der Waals surface area contributed by atoms with Gasteiger partial charge in [-0.15, -0.1) is 6.58 Å². The first-order valence-corrected chi connectivity index (χ1v) is 3.26. The van der Waals surface area contributed by atoms with Gasteiger partial charge in [-0.3, -0.25) is 0 Å². The van der Waals surface area contributed by atoms with Gasteiger partial charge in [-0.2, -0.15) is 0 Å². The Hall–Kier alpha value is -1.35. The van der Waals surface area contributed by atoms with Crippen LogP contribution in [0, 0.1) is 0 Å². The van der Waals surface area contributed by atoms with Crippen LogP contribution in [0.25, 0.3) is 0 Å². The molecule has 1 heterocycles. The van der Waals surface area contributed by atoms with Gasteiger partial charge in [0.2, 0.25) is 0 Å². The smallest absolute Gasteiger partial charge is 0.129 e. The molecule has 0 spiro atoms. The van der Waals surface area contributed by atoms with E-state index in [2.05, 4.69) is 11.6 Å². The molecule has 0 amide bonds. The van der Waals surface area contributed by atoms with E-state index in [-0.39, 0.29) is 0 Å². The molecule has 11 heavy (non-hydrogen) atoms. The lowest BCUT2D eigenvalue weighted by atomic mass is 10.1. The van der Waals surface area contributed by atoms with Gasteiger partial charge in [0.1, 0.15) is 11.9 Å². The summed E-state index contributed by atoms with van der Waals surface area (Å²) in [5.41, 5.74) is 6.08. The fourth-order valence-corrected chi connectivity index (χ4v) is 0.807. The van der Waals surface area contributed by atoms with Crippen LogP contribution < -0.4 is 5.73 Å². The Kier molecular flexibility index (Phi) is 2.23. The zero-order valence-corrected chi connectivity index (χ0v) is 6.07. The van der Waals surface area contributed by atoms with Gasteiger partial charge in [0.15, 0.2) is 0 Å². The van der Waals surface area contributed by atoms with Crippen molar-refractivity contribution >= 4 is 5.82 Å². The van der Waals surface area contributed by atoms with Crippen LogP contribution in [0.1, 0.15) is 11.7 Å². The van der Waals surface area contributed by atoms with E-state index in [4.69, 9.17) is 5.73 Å². The number of anilines is 1. The van der Waals surface area contributed by atoms with E-state index in [1.807, 2.05) is 0 Å². The second-order valence-electron chi connectivity index (χ2n) is 2.16. The van der Waals surface area contributed by atoms with Gasteiger partial charge in [0.25, 0.3) is 0 Å². The molecular formula is C8H10N2O. The van der Waals surface area contributed by atoms with Gasteiger partial charge in [-0.05, 0) is 6.07 Å². The minimum absolute atomic E-state index is 0.347. The third kappa shape index (κ3) is 1.56. The molecule has 0 fully saturated rings. The molecule has 0 saturated heterocycles. The van der Waals surface area contributed by atoms with E-state index < -0.39 is 6.10 Å². The number of aromatic nitrogens is 1. The average molecular weight is 150 g/mol. The van der Waals surface area contributed by atoms with Crippen LogP contribution in [-0.2, 0) is 0 Å². The van der Waals surface area contributed by atoms with Gasteiger partial charge >= 0.3 is 0 Å². The molecule has 0 bridgehead atoms. The van der Waals surface area contributed by atoms with Gasteiger partial charge < -0.3 is 10.8 Å². The van der Waals surface area contributed by atoms with Crippen molar-refractivity contribution in [1.29, 1.82) is 0 Å². The highest BCUT2D eigenvalue weighted by molar-refractivity contribution is 5.41. The third-order valence-corrected chi connectivity index (χ3v) is 1.41. The number of rotatable bonds is 2. The second kappa shape index (κ2) is 3.16. The summed E-state index contributed by atoms with van der Waals surface area (Å²) >= 11 is 0. The summed E-state index contributed by atoms with van der Waals surface area (Å²) in [6.45, 7) is 3.44. The average Bonchev–Trinajstić information content (AvgIpc) is 2.04. The van der Waals surface area contributed by atoms with E-state index >= 15 is 0 Å². The van der Waals surface area contributed by atoms with Crippen LogP contribution in [0.4, 0.5) is 5.82 Å². The molecule has 0 aromatic carbocycles. The number of hydrogen-bond donors (Lipinski definition) is 2. The number of aliphatic hydroxyl groups is 1. The van der Waals surface area contributed by atoms with E-state index in [1.165, 1.54) is 6.08 Å². The molecule has 0 aliphatic rings. The molecule has 3 N–H and O–H groups in total. The molecule has 1 rings (SSSR count). The summed E-state index contributed by atoms with van der Waals surface area (Å²) in [6.07, 6.45) is 2.27. The highest BCUT2D eigenvalue weighted by Gasteiger charge is 2.05. The minimum atomic E-state index is -0.719. The van der Waals surface area contributed by atoms with Crippen LogP contribution in [0.3, 0.4) is 0 Å². The molecule has 0 saturated carbocycles. The van der Waals surface area contributed by atoms with E-state index in [9.17, 15) is 5.11 Å². The van der Waals surface area contributed by atoms with Crippen molar-refractivity contribution in [3.63, 3.8) is 0 Å². The third-order valence-electron chi connectivity index (χ3n) is 1.41. The number of nitrogens with two attached hydrogens (primary N) is 1. The highest BCUT2D eigenvalue weighted by Crippen LogP contribution is 2.17. The van der Waals surface area contributed by atoms with Crippen molar-refractivity contribution in [1.82, 2.24) is 4.98 Å². The van der Waals surface area contributed by atoms with Crippen LogP contribution in [0.15, 0.2) is 31.0 Å². The molecule has 0 aliphatic heterocycles. The molecular weight excluding hydrogens is 140 g/mol. The molecule has 58 valence electrons. The Labute approximate surface area is 65.2 Å². The van der Waals surface area contributed by atoms with Crippen molar-refractivity contribution in [2.45, 2.75) is 6.10 Å². The largest absolute Gasteiger partial charge is 0.384 e. The number of hydrogen-bond acceptors (Lipinski definition) is 3. The number of nitrogen functional groups attached to an aromatic ring is 1. The molecule has 1 aromatic rings. The zero-order chi connectivity index (χ0) is 8.27. The standard InChI is InChI=1S/C8H10N2O/c1-2-7(11)6-4-3-5-10-8(6)9/h2-5,7,11H,1H2,(H2,9,10). The Bertz CT molecular complexity index is 260. The predicted octanol–water partition coefficient (Wildman–Crippen LogP) is 0.883. The van der Waals surface area contributed by atoms with Crippen LogP contribution in [0.2, 0.25) is 0 Å². The lowest BCUT2D eigenvalue weighted by Crippen LogP contribution is -2.00. The SMILES string of the molecule is C=CC(O)c1cccnc1N. The fourth-order valence-electron chi connectivity index (χ4n) is 0.807. The first kappa shape index (κ1) is 7.75. The van der Waals surface area contributed by atoms with Gasteiger partial charge in [0, 0.05) is 11.8 Å². The summed E-state index contributed by atoms with van der Waals surface area (Å²) < 4.78 is 0. The summed E-state index contributed by atoms with van der Waals surface area (Å²) in [7, 11) is 0. The fraction of sp³-hybridized carbons (Fsp3) is 0.125. The number of pyridine rings is 1. The van der Waals surface area contributed by atoms with Crippen molar-refractivity contribution < 1.29 is 5.11 Å². The molecule has 1 aromatic heterocycles. The summed E-state index contributed by atoms with van der Waals surface area (Å²) in [4.78, 5) is 3.82. The van der Waals surface area contributed by atoms with Crippen molar-refractivity contribution in [2.24, 2.45) is 0 Å².